The molecule has 0 heterocycles. The van der Waals surface area contributed by atoms with E-state index in [4.69, 9.17) is 10.4 Å². The summed E-state index contributed by atoms with van der Waals surface area (Å²) in [5.41, 5.74) is 1.83. The number of rotatable bonds is 4. The molecular formula is C9H13N3O2. The lowest BCUT2D eigenvalue weighted by atomic mass is 10.1. The quantitative estimate of drug-likeness (QED) is 0.270. The van der Waals surface area contributed by atoms with Crippen LogP contribution in [0.1, 0.15) is 6.42 Å². The van der Waals surface area contributed by atoms with Gasteiger partial charge in [0.05, 0.1) is 0 Å². The lowest BCUT2D eigenvalue weighted by Crippen LogP contribution is -2.21. The molecule has 0 unspecified atom stereocenters. The molecule has 5 heteroatoms. The molecule has 0 aliphatic heterocycles. The molecule has 3 N–H and O–H groups in total. The summed E-state index contributed by atoms with van der Waals surface area (Å²) in [6.07, 6.45) is 10.1. The van der Waals surface area contributed by atoms with E-state index in [0.717, 1.165) is 12.6 Å². The number of aliphatic imine (C=N–C) groups is 1. The monoisotopic (exact) mass is 195 g/mol. The number of hydroxylamine groups is 1. The Hall–Kier alpha value is -1.62. The molecule has 5 nitrogen and oxygen atoms in total. The fraction of sp³-hybridized carbons (Fsp3) is 0.333. The van der Waals surface area contributed by atoms with Gasteiger partial charge in [-0.2, -0.15) is 0 Å². The van der Waals surface area contributed by atoms with Crippen molar-refractivity contribution in [2.24, 2.45) is 16.1 Å². The summed E-state index contributed by atoms with van der Waals surface area (Å²) in [6.45, 7) is 0.564. The van der Waals surface area contributed by atoms with Crippen molar-refractivity contribution in [1.82, 2.24) is 5.48 Å². The van der Waals surface area contributed by atoms with Gasteiger partial charge >= 0.3 is 0 Å². The molecule has 0 aromatic rings. The maximum atomic E-state index is 8.54. The van der Waals surface area contributed by atoms with E-state index in [0.29, 0.717) is 12.5 Å². The summed E-state index contributed by atoms with van der Waals surface area (Å²) in [5, 5.41) is 19.5. The second-order valence-electron chi connectivity index (χ2n) is 2.85. The van der Waals surface area contributed by atoms with Gasteiger partial charge in [-0.25, -0.2) is 0 Å². The van der Waals surface area contributed by atoms with Crippen LogP contribution in [-0.2, 0) is 0 Å². The highest BCUT2D eigenvalue weighted by Crippen LogP contribution is 2.12. The van der Waals surface area contributed by atoms with E-state index in [1.165, 1.54) is 0 Å². The van der Waals surface area contributed by atoms with Crippen LogP contribution < -0.4 is 5.48 Å². The fourth-order valence-corrected chi connectivity index (χ4v) is 1.16. The molecule has 14 heavy (non-hydrogen) atoms. The van der Waals surface area contributed by atoms with Crippen LogP contribution in [0.2, 0.25) is 0 Å². The summed E-state index contributed by atoms with van der Waals surface area (Å²) < 4.78 is 0. The molecule has 0 amide bonds. The molecule has 1 aliphatic rings. The van der Waals surface area contributed by atoms with Gasteiger partial charge in [0.1, 0.15) is 6.21 Å². The Balaban J connectivity index is 2.30. The summed E-state index contributed by atoms with van der Waals surface area (Å²) >= 11 is 0. The Morgan fingerprint density at radius 2 is 2.14 bits per heavy atom. The number of amidine groups is 1. The van der Waals surface area contributed by atoms with Crippen LogP contribution in [0.25, 0.3) is 0 Å². The molecule has 1 aliphatic carbocycles. The van der Waals surface area contributed by atoms with Crippen LogP contribution in [-0.4, -0.2) is 29.0 Å². The molecular weight excluding hydrogens is 182 g/mol. The van der Waals surface area contributed by atoms with Crippen LogP contribution in [0.3, 0.4) is 0 Å². The number of allylic oxidation sites excluding steroid dienone is 4. The number of nitrogens with zero attached hydrogens (tertiary/aromatic N) is 2. The molecule has 76 valence electrons. The van der Waals surface area contributed by atoms with Crippen molar-refractivity contribution in [3.05, 3.63) is 24.3 Å². The molecule has 0 aromatic carbocycles. The lowest BCUT2D eigenvalue weighted by molar-refractivity contribution is 0.236. The predicted molar refractivity (Wildman–Crippen MR) is 53.9 cm³/mol. The van der Waals surface area contributed by atoms with Crippen LogP contribution in [0, 0.1) is 5.92 Å². The predicted octanol–water partition coefficient (Wildman–Crippen LogP) is 0.956. The molecule has 0 radical (unpaired) electrons. The third-order valence-electron chi connectivity index (χ3n) is 1.87. The minimum Gasteiger partial charge on any atom is -0.411 e. The Morgan fingerprint density at radius 1 is 1.43 bits per heavy atom. The normalized spacial score (nSPS) is 17.1. The largest absolute Gasteiger partial charge is 0.411 e. The van der Waals surface area contributed by atoms with E-state index in [2.05, 4.69) is 22.3 Å². The summed E-state index contributed by atoms with van der Waals surface area (Å²) in [4.78, 5) is 3.97. The summed E-state index contributed by atoms with van der Waals surface area (Å²) in [7, 11) is 0. The van der Waals surface area contributed by atoms with Crippen molar-refractivity contribution < 1.29 is 10.4 Å². The zero-order valence-electron chi connectivity index (χ0n) is 7.67. The average Bonchev–Trinajstić information content (AvgIpc) is 2.69. The standard InChI is InChI=1S/C9H13N3O2/c13-11-7-9(12-14)10-6-5-8-3-1-2-4-8/h1-4,7-8,13-14H,5-6H2,(H,10,12)/b11-7+. The fourth-order valence-electron chi connectivity index (χ4n) is 1.16. The van der Waals surface area contributed by atoms with Crippen molar-refractivity contribution in [3.63, 3.8) is 0 Å². The Kier molecular flexibility index (Phi) is 4.43. The van der Waals surface area contributed by atoms with E-state index in [1.807, 2.05) is 17.6 Å². The van der Waals surface area contributed by atoms with Gasteiger partial charge in [-0.15, -0.1) is 0 Å². The Bertz CT molecular complexity index is 270. The number of hydrogen-bond donors (Lipinski definition) is 3. The first-order valence-corrected chi connectivity index (χ1v) is 4.34. The van der Waals surface area contributed by atoms with Gasteiger partial charge in [0.2, 0.25) is 0 Å². The topological polar surface area (TPSA) is 77.2 Å². The minimum atomic E-state index is 0.151. The first kappa shape index (κ1) is 10.5. The van der Waals surface area contributed by atoms with Gasteiger partial charge in [0.15, 0.2) is 5.84 Å². The molecule has 0 bridgehead atoms. The first-order chi connectivity index (χ1) is 6.86. The van der Waals surface area contributed by atoms with Crippen molar-refractivity contribution in [1.29, 1.82) is 0 Å². The average molecular weight is 195 g/mol. The summed E-state index contributed by atoms with van der Waals surface area (Å²) in [5.74, 6) is 0.572. The van der Waals surface area contributed by atoms with E-state index in [1.54, 1.807) is 0 Å². The Morgan fingerprint density at radius 3 is 2.71 bits per heavy atom. The second kappa shape index (κ2) is 5.93. The molecule has 1 rings (SSSR count). The van der Waals surface area contributed by atoms with Crippen LogP contribution in [0.4, 0.5) is 0 Å². The number of hydrogen-bond acceptors (Lipinski definition) is 4. The third kappa shape index (κ3) is 3.40. The van der Waals surface area contributed by atoms with Gasteiger partial charge in [0.25, 0.3) is 0 Å². The first-order valence-electron chi connectivity index (χ1n) is 4.34. The zero-order valence-corrected chi connectivity index (χ0v) is 7.67. The van der Waals surface area contributed by atoms with Crippen LogP contribution >= 0.6 is 0 Å². The molecule has 0 spiro atoms. The molecule has 0 atom stereocenters. The highest BCUT2D eigenvalue weighted by Gasteiger charge is 2.02. The van der Waals surface area contributed by atoms with Crippen molar-refractivity contribution in [3.8, 4) is 0 Å². The number of oxime groups is 1. The maximum Gasteiger partial charge on any atom is 0.166 e. The lowest BCUT2D eigenvalue weighted by Gasteiger charge is -2.02. The van der Waals surface area contributed by atoms with Gasteiger partial charge in [-0.05, 0) is 12.3 Å². The zero-order chi connectivity index (χ0) is 10.2. The van der Waals surface area contributed by atoms with E-state index in [-0.39, 0.29) is 5.84 Å². The van der Waals surface area contributed by atoms with E-state index >= 15 is 0 Å². The van der Waals surface area contributed by atoms with E-state index in [9.17, 15) is 0 Å². The van der Waals surface area contributed by atoms with Crippen LogP contribution in [0.5, 0.6) is 0 Å². The molecule has 0 fully saturated rings. The smallest absolute Gasteiger partial charge is 0.166 e. The van der Waals surface area contributed by atoms with Gasteiger partial charge in [-0.3, -0.25) is 15.7 Å². The highest BCUT2D eigenvalue weighted by molar-refractivity contribution is 6.28. The van der Waals surface area contributed by atoms with Gasteiger partial charge in [-0.1, -0.05) is 29.5 Å². The minimum absolute atomic E-state index is 0.151. The molecule has 0 saturated heterocycles. The number of nitrogens with one attached hydrogen (secondary N) is 1. The third-order valence-corrected chi connectivity index (χ3v) is 1.87. The van der Waals surface area contributed by atoms with E-state index < -0.39 is 0 Å². The molecule has 0 saturated carbocycles. The van der Waals surface area contributed by atoms with Crippen molar-refractivity contribution >= 4 is 12.1 Å². The Labute approximate surface area is 82.1 Å². The summed E-state index contributed by atoms with van der Waals surface area (Å²) in [6, 6.07) is 0. The highest BCUT2D eigenvalue weighted by atomic mass is 16.5. The van der Waals surface area contributed by atoms with Crippen molar-refractivity contribution in [2.75, 3.05) is 6.54 Å². The molecule has 0 aromatic heterocycles. The van der Waals surface area contributed by atoms with Crippen molar-refractivity contribution in [2.45, 2.75) is 6.42 Å². The SMILES string of the molecule is O/N=C/C(=NCCC1C=CC=C1)NO. The van der Waals surface area contributed by atoms with Crippen LogP contribution in [0.15, 0.2) is 34.5 Å². The van der Waals surface area contributed by atoms with Gasteiger partial charge in [0, 0.05) is 6.54 Å². The maximum absolute atomic E-state index is 8.54. The van der Waals surface area contributed by atoms with Gasteiger partial charge < -0.3 is 5.21 Å². The second-order valence-corrected chi connectivity index (χ2v) is 2.85.